The summed E-state index contributed by atoms with van der Waals surface area (Å²) in [5.41, 5.74) is 1.68. The molecule has 1 aromatic heterocycles. The Labute approximate surface area is 158 Å². The average molecular weight is 370 g/mol. The van der Waals surface area contributed by atoms with E-state index in [1.807, 2.05) is 24.3 Å². The normalized spacial score (nSPS) is 17.4. The molecule has 0 bridgehead atoms. The molecule has 0 saturated carbocycles. The quantitative estimate of drug-likeness (QED) is 0.774. The number of nitrogens with one attached hydrogen (secondary N) is 2. The maximum Gasteiger partial charge on any atom is 0.250 e. The van der Waals surface area contributed by atoms with Crippen molar-refractivity contribution >= 4 is 5.91 Å². The molecule has 1 fully saturated rings. The van der Waals surface area contributed by atoms with E-state index in [-0.39, 0.29) is 17.4 Å². The van der Waals surface area contributed by atoms with Gasteiger partial charge in [0.2, 0.25) is 5.91 Å². The zero-order valence-electron chi connectivity index (χ0n) is 15.6. The monoisotopic (exact) mass is 370 g/mol. The molecule has 7 nitrogen and oxygen atoms in total. The highest BCUT2D eigenvalue weighted by atomic mass is 16.5. The second-order valence-electron chi connectivity index (χ2n) is 6.81. The van der Waals surface area contributed by atoms with Gasteiger partial charge in [0.1, 0.15) is 5.75 Å². The molecule has 3 rings (SSSR count). The van der Waals surface area contributed by atoms with Gasteiger partial charge in [-0.25, -0.2) is 4.98 Å². The summed E-state index contributed by atoms with van der Waals surface area (Å²) >= 11 is 0. The Morgan fingerprint density at radius 2 is 2.26 bits per heavy atom. The topological polar surface area (TPSA) is 87.3 Å². The highest BCUT2D eigenvalue weighted by molar-refractivity contribution is 5.76. The minimum Gasteiger partial charge on any atom is -0.496 e. The van der Waals surface area contributed by atoms with Gasteiger partial charge >= 0.3 is 0 Å². The van der Waals surface area contributed by atoms with E-state index in [0.29, 0.717) is 19.5 Å². The standard InChI is InChI=1S/C20H26N4O3/c1-27-18-7-3-2-5-15(18)12-21-19(25)8-10-24-9-4-6-16(13-24)17-11-20(26)23-14-22-17/h2-3,5,7,11,14,16H,4,6,8-10,12-13H2,1H3,(H,21,25)(H,22,23,26)/t16-/m1/s1. The smallest absolute Gasteiger partial charge is 0.250 e. The number of carbonyl (C=O) groups is 1. The maximum atomic E-state index is 12.2. The summed E-state index contributed by atoms with van der Waals surface area (Å²) in [5.74, 6) is 1.05. The lowest BCUT2D eigenvalue weighted by atomic mass is 9.94. The first kappa shape index (κ1) is 19.1. The number of hydrogen-bond donors (Lipinski definition) is 2. The molecule has 144 valence electrons. The molecule has 1 amide bonds. The SMILES string of the molecule is COc1ccccc1CNC(=O)CCN1CCC[C@@H](c2cc(=O)[nH]cn2)C1. The molecule has 27 heavy (non-hydrogen) atoms. The molecule has 0 spiro atoms. The van der Waals surface area contributed by atoms with Crippen LogP contribution < -0.4 is 15.6 Å². The van der Waals surface area contributed by atoms with Crippen LogP contribution >= 0.6 is 0 Å². The first-order valence-electron chi connectivity index (χ1n) is 9.31. The number of amides is 1. The van der Waals surface area contributed by atoms with Crippen LogP contribution in [0.1, 0.15) is 36.4 Å². The fraction of sp³-hybridized carbons (Fsp3) is 0.450. The predicted molar refractivity (Wildman–Crippen MR) is 103 cm³/mol. The molecule has 1 aliphatic rings. The van der Waals surface area contributed by atoms with Gasteiger partial charge in [-0.1, -0.05) is 18.2 Å². The number of carbonyl (C=O) groups excluding carboxylic acids is 1. The van der Waals surface area contributed by atoms with Crippen molar-refractivity contribution in [2.75, 3.05) is 26.7 Å². The third-order valence-electron chi connectivity index (χ3n) is 4.95. The lowest BCUT2D eigenvalue weighted by Gasteiger charge is -2.32. The van der Waals surface area contributed by atoms with Crippen LogP contribution in [-0.2, 0) is 11.3 Å². The number of nitrogens with zero attached hydrogens (tertiary/aromatic N) is 2. The highest BCUT2D eigenvalue weighted by Gasteiger charge is 2.22. The van der Waals surface area contributed by atoms with E-state index < -0.39 is 0 Å². The van der Waals surface area contributed by atoms with E-state index in [2.05, 4.69) is 20.2 Å². The first-order chi connectivity index (χ1) is 13.2. The number of rotatable bonds is 7. The van der Waals surface area contributed by atoms with Crippen LogP contribution in [0.15, 0.2) is 41.5 Å². The van der Waals surface area contributed by atoms with Crippen molar-refractivity contribution in [3.05, 3.63) is 58.3 Å². The lowest BCUT2D eigenvalue weighted by molar-refractivity contribution is -0.121. The van der Waals surface area contributed by atoms with Gasteiger partial charge in [0, 0.05) is 43.6 Å². The Hall–Kier alpha value is -2.67. The van der Waals surface area contributed by atoms with Crippen LogP contribution in [-0.4, -0.2) is 47.5 Å². The second kappa shape index (κ2) is 9.32. The number of methoxy groups -OCH3 is 1. The van der Waals surface area contributed by atoms with Crippen molar-refractivity contribution in [1.29, 1.82) is 0 Å². The molecule has 1 atom stereocenters. The molecule has 0 unspecified atom stereocenters. The molecule has 7 heteroatoms. The molecule has 2 aromatic rings. The molecular formula is C20H26N4O3. The molecule has 1 aliphatic heterocycles. The molecule has 0 aliphatic carbocycles. The van der Waals surface area contributed by atoms with Crippen LogP contribution in [0.2, 0.25) is 0 Å². The van der Waals surface area contributed by atoms with E-state index in [9.17, 15) is 9.59 Å². The van der Waals surface area contributed by atoms with E-state index >= 15 is 0 Å². The summed E-state index contributed by atoms with van der Waals surface area (Å²) in [6, 6.07) is 9.25. The van der Waals surface area contributed by atoms with Crippen molar-refractivity contribution in [3.63, 3.8) is 0 Å². The Morgan fingerprint density at radius 1 is 1.41 bits per heavy atom. The van der Waals surface area contributed by atoms with Gasteiger partial charge in [-0.2, -0.15) is 0 Å². The van der Waals surface area contributed by atoms with Gasteiger partial charge < -0.3 is 19.9 Å². The van der Waals surface area contributed by atoms with Crippen molar-refractivity contribution < 1.29 is 9.53 Å². The molecule has 1 saturated heterocycles. The third kappa shape index (κ3) is 5.40. The zero-order chi connectivity index (χ0) is 19.1. The summed E-state index contributed by atoms with van der Waals surface area (Å²) in [7, 11) is 1.63. The molecule has 0 radical (unpaired) electrons. The van der Waals surface area contributed by atoms with Crippen molar-refractivity contribution in [3.8, 4) is 5.75 Å². The molecule has 2 N–H and O–H groups in total. The molecule has 1 aromatic carbocycles. The van der Waals surface area contributed by atoms with Crippen molar-refractivity contribution in [1.82, 2.24) is 20.2 Å². The zero-order valence-corrected chi connectivity index (χ0v) is 15.6. The number of aromatic nitrogens is 2. The minimum atomic E-state index is -0.118. The van der Waals surface area contributed by atoms with Gasteiger partial charge in [0.25, 0.3) is 5.56 Å². The van der Waals surface area contributed by atoms with Gasteiger partial charge in [0.15, 0.2) is 0 Å². The van der Waals surface area contributed by atoms with E-state index in [4.69, 9.17) is 4.74 Å². The van der Waals surface area contributed by atoms with Gasteiger partial charge in [-0.15, -0.1) is 0 Å². The number of H-pyrrole nitrogens is 1. The number of piperidine rings is 1. The fourth-order valence-electron chi connectivity index (χ4n) is 3.50. The van der Waals surface area contributed by atoms with Crippen LogP contribution in [0.25, 0.3) is 0 Å². The van der Waals surface area contributed by atoms with Gasteiger partial charge in [0.05, 0.1) is 19.1 Å². The van der Waals surface area contributed by atoms with Crippen LogP contribution in [0.4, 0.5) is 0 Å². The number of ether oxygens (including phenoxy) is 1. The Balaban J connectivity index is 1.46. The number of likely N-dealkylation sites (tertiary alicyclic amines) is 1. The van der Waals surface area contributed by atoms with Crippen molar-refractivity contribution in [2.24, 2.45) is 0 Å². The third-order valence-corrected chi connectivity index (χ3v) is 4.95. The minimum absolute atomic E-state index is 0.0253. The van der Waals surface area contributed by atoms with Crippen LogP contribution in [0.3, 0.4) is 0 Å². The van der Waals surface area contributed by atoms with E-state index in [1.165, 1.54) is 6.33 Å². The number of aromatic amines is 1. The highest BCUT2D eigenvalue weighted by Crippen LogP contribution is 2.24. The number of benzene rings is 1. The summed E-state index contributed by atoms with van der Waals surface area (Å²) in [6.07, 6.45) is 3.97. The molecular weight excluding hydrogens is 344 g/mol. The Kier molecular flexibility index (Phi) is 6.59. The number of para-hydroxylation sites is 1. The summed E-state index contributed by atoms with van der Waals surface area (Å²) in [5, 5.41) is 2.96. The Bertz CT molecular complexity index is 821. The van der Waals surface area contributed by atoms with E-state index in [1.54, 1.807) is 13.2 Å². The maximum absolute atomic E-state index is 12.2. The lowest BCUT2D eigenvalue weighted by Crippen LogP contribution is -2.37. The second-order valence-corrected chi connectivity index (χ2v) is 6.81. The molecule has 2 heterocycles. The largest absolute Gasteiger partial charge is 0.496 e. The Morgan fingerprint density at radius 3 is 3.07 bits per heavy atom. The number of hydrogen-bond acceptors (Lipinski definition) is 5. The van der Waals surface area contributed by atoms with E-state index in [0.717, 1.165) is 42.9 Å². The van der Waals surface area contributed by atoms with Gasteiger partial charge in [-0.3, -0.25) is 9.59 Å². The van der Waals surface area contributed by atoms with Crippen LogP contribution in [0, 0.1) is 0 Å². The average Bonchev–Trinajstić information content (AvgIpc) is 2.71. The van der Waals surface area contributed by atoms with Gasteiger partial charge in [-0.05, 0) is 25.5 Å². The van der Waals surface area contributed by atoms with Crippen molar-refractivity contribution in [2.45, 2.75) is 31.7 Å². The first-order valence-corrected chi connectivity index (χ1v) is 9.31. The summed E-state index contributed by atoms with van der Waals surface area (Å²) < 4.78 is 5.31. The summed E-state index contributed by atoms with van der Waals surface area (Å²) in [6.45, 7) is 2.97. The summed E-state index contributed by atoms with van der Waals surface area (Å²) in [4.78, 5) is 32.8. The fourth-order valence-corrected chi connectivity index (χ4v) is 3.50. The van der Waals surface area contributed by atoms with Crippen LogP contribution in [0.5, 0.6) is 5.75 Å². The predicted octanol–water partition coefficient (Wildman–Crippen LogP) is 1.66.